The summed E-state index contributed by atoms with van der Waals surface area (Å²) in [5.41, 5.74) is 0.507. The maximum Gasteiger partial charge on any atom is 0.305 e. The summed E-state index contributed by atoms with van der Waals surface area (Å²) in [6, 6.07) is 8.17. The third-order valence-corrected chi connectivity index (χ3v) is 4.93. The number of carboxylic acids is 1. The molecule has 1 aliphatic rings. The van der Waals surface area contributed by atoms with Crippen molar-refractivity contribution in [2.75, 3.05) is 19.0 Å². The van der Waals surface area contributed by atoms with Gasteiger partial charge in [-0.15, -0.1) is 11.8 Å². The number of thioether (sulfide) groups is 1. The quantitative estimate of drug-likeness (QED) is 0.748. The van der Waals surface area contributed by atoms with Gasteiger partial charge in [-0.2, -0.15) is 0 Å². The molecular formula is C17H23NO4S. The van der Waals surface area contributed by atoms with Crippen LogP contribution in [0.5, 0.6) is 0 Å². The smallest absolute Gasteiger partial charge is 0.305 e. The van der Waals surface area contributed by atoms with E-state index in [0.717, 1.165) is 4.90 Å². The van der Waals surface area contributed by atoms with E-state index in [0.29, 0.717) is 18.9 Å². The summed E-state index contributed by atoms with van der Waals surface area (Å²) in [6.45, 7) is 5.03. The lowest BCUT2D eigenvalue weighted by atomic mass is 9.94. The molecule has 2 N–H and O–H groups in total. The Morgan fingerprint density at radius 1 is 1.35 bits per heavy atom. The third kappa shape index (κ3) is 5.25. The largest absolute Gasteiger partial charge is 0.481 e. The van der Waals surface area contributed by atoms with Crippen molar-refractivity contribution >= 4 is 23.6 Å². The zero-order valence-electron chi connectivity index (χ0n) is 13.5. The Morgan fingerprint density at radius 2 is 2.04 bits per heavy atom. The van der Waals surface area contributed by atoms with Gasteiger partial charge in [-0.25, -0.2) is 0 Å². The first-order chi connectivity index (χ1) is 10.9. The average molecular weight is 337 g/mol. The fraction of sp³-hybridized carbons (Fsp3) is 0.529. The number of aliphatic carboxylic acids is 1. The van der Waals surface area contributed by atoms with Gasteiger partial charge in [0.25, 0.3) is 0 Å². The molecule has 6 heteroatoms. The van der Waals surface area contributed by atoms with Crippen molar-refractivity contribution in [3.8, 4) is 0 Å². The molecule has 0 aromatic heterocycles. The van der Waals surface area contributed by atoms with Crippen molar-refractivity contribution < 1.29 is 19.4 Å². The number of nitrogens with one attached hydrogen (secondary N) is 1. The molecule has 1 aromatic rings. The molecule has 1 saturated heterocycles. The van der Waals surface area contributed by atoms with Crippen molar-refractivity contribution in [3.63, 3.8) is 0 Å². The van der Waals surface area contributed by atoms with E-state index < -0.39 is 11.5 Å². The highest BCUT2D eigenvalue weighted by molar-refractivity contribution is 8.00. The molecule has 1 aliphatic heterocycles. The summed E-state index contributed by atoms with van der Waals surface area (Å²) >= 11 is 1.45. The molecule has 1 heterocycles. The molecule has 1 amide bonds. The van der Waals surface area contributed by atoms with E-state index in [1.807, 2.05) is 12.1 Å². The van der Waals surface area contributed by atoms with Crippen LogP contribution in [0.3, 0.4) is 0 Å². The highest BCUT2D eigenvalue weighted by Crippen LogP contribution is 2.25. The highest BCUT2D eigenvalue weighted by Gasteiger charge is 2.38. The fourth-order valence-corrected chi connectivity index (χ4v) is 3.31. The van der Waals surface area contributed by atoms with Crippen LogP contribution in [-0.4, -0.2) is 41.5 Å². The molecule has 0 spiro atoms. The van der Waals surface area contributed by atoms with Gasteiger partial charge in [0, 0.05) is 11.5 Å². The number of carbonyl (C=O) groups excluding carboxylic acids is 1. The predicted octanol–water partition coefficient (Wildman–Crippen LogP) is 2.65. The minimum atomic E-state index is -0.923. The number of amides is 1. The lowest BCUT2D eigenvalue weighted by Crippen LogP contribution is -2.51. The second-order valence-electron chi connectivity index (χ2n) is 6.21. The van der Waals surface area contributed by atoms with Gasteiger partial charge in [-0.3, -0.25) is 9.59 Å². The van der Waals surface area contributed by atoms with Crippen molar-refractivity contribution in [2.45, 2.75) is 43.0 Å². The summed E-state index contributed by atoms with van der Waals surface area (Å²) in [4.78, 5) is 24.2. The van der Waals surface area contributed by atoms with E-state index in [1.54, 1.807) is 0 Å². The van der Waals surface area contributed by atoms with Crippen molar-refractivity contribution in [1.29, 1.82) is 0 Å². The molecular weight excluding hydrogens is 314 g/mol. The Hall–Kier alpha value is -1.53. The van der Waals surface area contributed by atoms with E-state index in [4.69, 9.17) is 9.84 Å². The number of hydrogen-bond acceptors (Lipinski definition) is 4. The van der Waals surface area contributed by atoms with E-state index in [-0.39, 0.29) is 24.7 Å². The van der Waals surface area contributed by atoms with E-state index >= 15 is 0 Å². The molecule has 23 heavy (non-hydrogen) atoms. The molecule has 1 aromatic carbocycles. The monoisotopic (exact) mass is 337 g/mol. The van der Waals surface area contributed by atoms with Crippen LogP contribution in [-0.2, 0) is 14.3 Å². The minimum absolute atomic E-state index is 0.105. The molecule has 126 valence electrons. The normalized spacial score (nSPS) is 20.7. The van der Waals surface area contributed by atoms with Crippen LogP contribution in [0.15, 0.2) is 29.2 Å². The second-order valence-corrected chi connectivity index (χ2v) is 7.26. The molecule has 2 rings (SSSR count). The van der Waals surface area contributed by atoms with Crippen LogP contribution in [0.2, 0.25) is 0 Å². The van der Waals surface area contributed by atoms with Gasteiger partial charge in [0.2, 0.25) is 5.91 Å². The summed E-state index contributed by atoms with van der Waals surface area (Å²) in [7, 11) is 0. The molecule has 0 aliphatic carbocycles. The number of ether oxygens (including phenoxy) is 1. The van der Waals surface area contributed by atoms with Gasteiger partial charge in [0.05, 0.1) is 24.3 Å². The van der Waals surface area contributed by atoms with Crippen LogP contribution < -0.4 is 5.32 Å². The van der Waals surface area contributed by atoms with Crippen molar-refractivity contribution in [2.24, 2.45) is 0 Å². The molecule has 0 bridgehead atoms. The Balaban J connectivity index is 1.87. The zero-order valence-corrected chi connectivity index (χ0v) is 14.3. The Labute approximate surface area is 140 Å². The van der Waals surface area contributed by atoms with Gasteiger partial charge in [-0.1, -0.05) is 26.0 Å². The van der Waals surface area contributed by atoms with Gasteiger partial charge >= 0.3 is 5.97 Å². The molecule has 1 atom stereocenters. The first-order valence-corrected chi connectivity index (χ1v) is 8.72. The Kier molecular flexibility index (Phi) is 6.07. The maximum atomic E-state index is 12.2. The Bertz CT molecular complexity index is 550. The average Bonchev–Trinajstić information content (AvgIpc) is 2.92. The number of carbonyl (C=O) groups is 2. The second kappa shape index (κ2) is 7.84. The number of benzene rings is 1. The van der Waals surface area contributed by atoms with E-state index in [1.165, 1.54) is 17.3 Å². The molecule has 1 unspecified atom stereocenters. The van der Waals surface area contributed by atoms with Crippen LogP contribution in [0.4, 0.5) is 0 Å². The SMILES string of the molecule is CC(C)c1ccc(SCC(=O)NC2(CC(=O)O)CCOC2)cc1. The molecule has 5 nitrogen and oxygen atoms in total. The van der Waals surface area contributed by atoms with Crippen LogP contribution >= 0.6 is 11.8 Å². The van der Waals surface area contributed by atoms with Gasteiger partial charge in [0.15, 0.2) is 0 Å². The first-order valence-electron chi connectivity index (χ1n) is 7.73. The first kappa shape index (κ1) is 17.8. The zero-order chi connectivity index (χ0) is 16.9. The topological polar surface area (TPSA) is 75.6 Å². The van der Waals surface area contributed by atoms with E-state index in [9.17, 15) is 9.59 Å². The van der Waals surface area contributed by atoms with Crippen LogP contribution in [0.1, 0.15) is 38.2 Å². The predicted molar refractivity (Wildman–Crippen MR) is 89.8 cm³/mol. The fourth-order valence-electron chi connectivity index (χ4n) is 2.61. The van der Waals surface area contributed by atoms with Gasteiger partial charge in [-0.05, 0) is 30.0 Å². The van der Waals surface area contributed by atoms with Crippen LogP contribution in [0.25, 0.3) is 0 Å². The standard InChI is InChI=1S/C17H23NO4S/c1-12(2)13-3-5-14(6-4-13)23-10-15(19)18-17(9-16(20)21)7-8-22-11-17/h3-6,12H,7-11H2,1-2H3,(H,18,19)(H,20,21). The van der Waals surface area contributed by atoms with E-state index in [2.05, 4.69) is 31.3 Å². The van der Waals surface area contributed by atoms with Crippen LogP contribution in [0, 0.1) is 0 Å². The van der Waals surface area contributed by atoms with Crippen molar-refractivity contribution in [1.82, 2.24) is 5.32 Å². The van der Waals surface area contributed by atoms with Crippen molar-refractivity contribution in [3.05, 3.63) is 29.8 Å². The summed E-state index contributed by atoms with van der Waals surface area (Å²) in [5.74, 6) is -0.333. The molecule has 0 saturated carbocycles. The number of carboxylic acid groups (broad SMARTS) is 1. The molecule has 0 radical (unpaired) electrons. The van der Waals surface area contributed by atoms with Gasteiger partial charge in [0.1, 0.15) is 0 Å². The van der Waals surface area contributed by atoms with Gasteiger partial charge < -0.3 is 15.2 Å². The summed E-state index contributed by atoms with van der Waals surface area (Å²) in [6.07, 6.45) is 0.436. The number of rotatable bonds is 7. The lowest BCUT2D eigenvalue weighted by molar-refractivity contribution is -0.139. The highest BCUT2D eigenvalue weighted by atomic mass is 32.2. The molecule has 1 fully saturated rings. The Morgan fingerprint density at radius 3 is 2.57 bits per heavy atom. The maximum absolute atomic E-state index is 12.2. The summed E-state index contributed by atoms with van der Waals surface area (Å²) < 4.78 is 5.28. The minimum Gasteiger partial charge on any atom is -0.481 e. The lowest BCUT2D eigenvalue weighted by Gasteiger charge is -2.26. The summed E-state index contributed by atoms with van der Waals surface area (Å²) in [5, 5.41) is 11.9. The third-order valence-electron chi connectivity index (χ3n) is 3.91. The number of hydrogen-bond donors (Lipinski definition) is 2.